The summed E-state index contributed by atoms with van der Waals surface area (Å²) in [7, 11) is 1.31. The first-order chi connectivity index (χ1) is 13.1. The number of carbonyl (C=O) groups excluding carboxylic acids is 1. The highest BCUT2D eigenvalue weighted by molar-refractivity contribution is 8.26. The number of rotatable bonds is 3. The molecule has 0 radical (unpaired) electrons. The lowest BCUT2D eigenvalue weighted by Crippen LogP contribution is -2.17. The second-order valence-corrected chi connectivity index (χ2v) is 7.38. The van der Waals surface area contributed by atoms with E-state index in [1.54, 1.807) is 0 Å². The number of thiocarbonyl (C=S) groups is 1. The van der Waals surface area contributed by atoms with Gasteiger partial charge >= 0.3 is 6.18 Å². The van der Waals surface area contributed by atoms with E-state index in [1.807, 2.05) is 0 Å². The van der Waals surface area contributed by atoms with Gasteiger partial charge in [-0.05, 0) is 36.4 Å². The minimum Gasteiger partial charge on any atom is -0.507 e. The fourth-order valence-corrected chi connectivity index (χ4v) is 3.57. The van der Waals surface area contributed by atoms with Crippen molar-refractivity contribution < 1.29 is 32.2 Å². The Morgan fingerprint density at radius 1 is 1.21 bits per heavy atom. The summed E-state index contributed by atoms with van der Waals surface area (Å²) < 4.78 is 58.7. The van der Waals surface area contributed by atoms with Crippen molar-refractivity contribution in [3.63, 3.8) is 0 Å². The number of ether oxygens (including phenoxy) is 1. The summed E-state index contributed by atoms with van der Waals surface area (Å²) in [4.78, 5) is 12.0. The van der Waals surface area contributed by atoms with Gasteiger partial charge in [-0.2, -0.15) is 13.2 Å². The van der Waals surface area contributed by atoms with Crippen molar-refractivity contribution in [2.75, 3.05) is 7.11 Å². The third-order valence-corrected chi connectivity index (χ3v) is 5.02. The van der Waals surface area contributed by atoms with Gasteiger partial charge in [0.2, 0.25) is 0 Å². The van der Waals surface area contributed by atoms with E-state index >= 15 is 0 Å². The number of hydrogen-bond donors (Lipinski definition) is 2. The van der Waals surface area contributed by atoms with Gasteiger partial charge in [0.05, 0.1) is 17.6 Å². The molecule has 0 aliphatic carbocycles. The number of carbonyl (C=O) groups is 1. The highest BCUT2D eigenvalue weighted by atomic mass is 32.2. The topological polar surface area (TPSA) is 58.6 Å². The molecule has 1 fully saturated rings. The van der Waals surface area contributed by atoms with Crippen molar-refractivity contribution in [2.24, 2.45) is 0 Å². The fraction of sp³-hybridized carbons (Fsp3) is 0.111. The van der Waals surface area contributed by atoms with Crippen molar-refractivity contribution in [3.8, 4) is 22.6 Å². The average Bonchev–Trinajstić information content (AvgIpc) is 2.93. The number of benzene rings is 2. The molecule has 146 valence electrons. The van der Waals surface area contributed by atoms with Crippen LogP contribution in [0.25, 0.3) is 17.2 Å². The molecule has 1 aliphatic heterocycles. The van der Waals surface area contributed by atoms with E-state index in [-0.39, 0.29) is 26.1 Å². The number of nitrogens with one attached hydrogen (secondary N) is 1. The quantitative estimate of drug-likeness (QED) is 0.420. The van der Waals surface area contributed by atoms with E-state index in [0.717, 1.165) is 11.8 Å². The third-order valence-electron chi connectivity index (χ3n) is 3.86. The number of thioether (sulfide) groups is 1. The molecule has 2 aromatic rings. The number of aromatic hydroxyl groups is 1. The van der Waals surface area contributed by atoms with Crippen LogP contribution in [0.1, 0.15) is 11.1 Å². The minimum atomic E-state index is -4.68. The van der Waals surface area contributed by atoms with Crippen LogP contribution in [-0.2, 0) is 11.0 Å². The molecule has 4 nitrogen and oxygen atoms in total. The maximum Gasteiger partial charge on any atom is 0.416 e. The minimum absolute atomic E-state index is 0.0634. The zero-order valence-corrected chi connectivity index (χ0v) is 15.7. The number of methoxy groups -OCH3 is 1. The van der Waals surface area contributed by atoms with Crippen LogP contribution in [0.15, 0.2) is 35.2 Å². The lowest BCUT2D eigenvalue weighted by atomic mass is 9.98. The van der Waals surface area contributed by atoms with Gasteiger partial charge in [-0.1, -0.05) is 24.0 Å². The number of phenols is 1. The molecular formula is C18H11F4NO3S2. The molecule has 10 heteroatoms. The molecule has 0 atom stereocenters. The first kappa shape index (κ1) is 20.2. The van der Waals surface area contributed by atoms with Crippen LogP contribution in [0.2, 0.25) is 0 Å². The van der Waals surface area contributed by atoms with Crippen molar-refractivity contribution in [1.29, 1.82) is 0 Å². The summed E-state index contributed by atoms with van der Waals surface area (Å²) >= 11 is 5.84. The summed E-state index contributed by atoms with van der Waals surface area (Å²) in [6.07, 6.45) is -3.39. The molecular weight excluding hydrogens is 418 g/mol. The molecule has 2 N–H and O–H groups in total. The van der Waals surface area contributed by atoms with Gasteiger partial charge in [-0.15, -0.1) is 0 Å². The van der Waals surface area contributed by atoms with E-state index in [9.17, 15) is 27.5 Å². The van der Waals surface area contributed by atoms with Crippen molar-refractivity contribution in [2.45, 2.75) is 6.18 Å². The summed E-state index contributed by atoms with van der Waals surface area (Å²) in [5.41, 5.74) is -1.67. The molecule has 1 amide bonds. The van der Waals surface area contributed by atoms with E-state index in [2.05, 4.69) is 5.32 Å². The maximum absolute atomic E-state index is 14.3. The fourth-order valence-electron chi connectivity index (χ4n) is 2.53. The molecule has 1 aliphatic rings. The van der Waals surface area contributed by atoms with Crippen LogP contribution in [0, 0.1) is 5.82 Å². The third kappa shape index (κ3) is 3.97. The Bertz CT molecular complexity index is 1020. The van der Waals surface area contributed by atoms with E-state index in [0.29, 0.717) is 18.2 Å². The molecule has 0 unspecified atom stereocenters. The lowest BCUT2D eigenvalue weighted by molar-refractivity contribution is -0.137. The van der Waals surface area contributed by atoms with Gasteiger partial charge in [-0.3, -0.25) is 4.79 Å². The van der Waals surface area contributed by atoms with Crippen LogP contribution in [0.5, 0.6) is 11.5 Å². The number of halogens is 4. The Balaban J connectivity index is 2.19. The summed E-state index contributed by atoms with van der Waals surface area (Å²) in [5, 5.41) is 13.0. The smallest absolute Gasteiger partial charge is 0.416 e. The Morgan fingerprint density at radius 3 is 2.50 bits per heavy atom. The van der Waals surface area contributed by atoms with Crippen LogP contribution in [0.4, 0.5) is 17.6 Å². The largest absolute Gasteiger partial charge is 0.507 e. The summed E-state index contributed by atoms with van der Waals surface area (Å²) in [5.74, 6) is -1.78. The van der Waals surface area contributed by atoms with E-state index in [4.69, 9.17) is 17.0 Å². The molecule has 28 heavy (non-hydrogen) atoms. The van der Waals surface area contributed by atoms with Crippen LogP contribution >= 0.6 is 24.0 Å². The van der Waals surface area contributed by atoms with E-state index < -0.39 is 34.8 Å². The lowest BCUT2D eigenvalue weighted by Gasteiger charge is -2.14. The molecule has 0 spiro atoms. The van der Waals surface area contributed by atoms with Crippen LogP contribution in [-0.4, -0.2) is 22.4 Å². The van der Waals surface area contributed by atoms with Gasteiger partial charge in [0, 0.05) is 16.7 Å². The Kier molecular flexibility index (Phi) is 5.35. The summed E-state index contributed by atoms with van der Waals surface area (Å²) in [6.45, 7) is 0. The van der Waals surface area contributed by atoms with Gasteiger partial charge in [0.15, 0.2) is 0 Å². The molecule has 0 saturated carbocycles. The first-order valence-corrected chi connectivity index (χ1v) is 8.85. The number of hydrogen-bond acceptors (Lipinski definition) is 5. The standard InChI is InChI=1S/C18H11F4NO3S2/c1-26-10-4-8(5-14-16(25)23-17(27)28-14)15(24)12(7-10)11-6-9(18(20,21)22)2-3-13(11)19/h2-7,24H,1H3,(H,23,25,27)/b14-5-. The highest BCUT2D eigenvalue weighted by Crippen LogP contribution is 2.41. The molecule has 1 heterocycles. The molecule has 1 saturated heterocycles. The maximum atomic E-state index is 14.3. The van der Waals surface area contributed by atoms with E-state index in [1.165, 1.54) is 25.3 Å². The SMILES string of the molecule is COc1cc(/C=C2\SC(=S)NC2=O)c(O)c(-c2cc(C(F)(F)F)ccc2F)c1. The van der Waals surface area contributed by atoms with Crippen LogP contribution < -0.4 is 10.1 Å². The van der Waals surface area contributed by atoms with Gasteiger partial charge in [0.25, 0.3) is 5.91 Å². The Morgan fingerprint density at radius 2 is 1.93 bits per heavy atom. The molecule has 0 aromatic heterocycles. The average molecular weight is 429 g/mol. The second kappa shape index (κ2) is 7.44. The van der Waals surface area contributed by atoms with Crippen LogP contribution in [0.3, 0.4) is 0 Å². The number of phenolic OH excluding ortho intramolecular Hbond substituents is 1. The van der Waals surface area contributed by atoms with Crippen molar-refractivity contribution in [3.05, 3.63) is 52.2 Å². The molecule has 2 aromatic carbocycles. The monoisotopic (exact) mass is 429 g/mol. The van der Waals surface area contributed by atoms with Gasteiger partial charge in [0.1, 0.15) is 21.6 Å². The van der Waals surface area contributed by atoms with Gasteiger partial charge < -0.3 is 15.2 Å². The summed E-state index contributed by atoms with van der Waals surface area (Å²) in [6, 6.07) is 4.47. The zero-order valence-electron chi connectivity index (χ0n) is 14.1. The number of alkyl halides is 3. The van der Waals surface area contributed by atoms with Crippen molar-refractivity contribution >= 4 is 40.3 Å². The predicted octanol–water partition coefficient (Wildman–Crippen LogP) is 4.71. The second-order valence-electron chi connectivity index (χ2n) is 5.66. The molecule has 3 rings (SSSR count). The predicted molar refractivity (Wildman–Crippen MR) is 101 cm³/mol. The zero-order chi connectivity index (χ0) is 20.6. The molecule has 0 bridgehead atoms. The number of amides is 1. The van der Waals surface area contributed by atoms with Gasteiger partial charge in [-0.25, -0.2) is 4.39 Å². The normalized spacial score (nSPS) is 15.8. The first-order valence-electron chi connectivity index (χ1n) is 7.63. The van der Waals surface area contributed by atoms with Crippen molar-refractivity contribution in [1.82, 2.24) is 5.32 Å². The Labute approximate surface area is 166 Å². The Hall–Kier alpha value is -2.59. The highest BCUT2D eigenvalue weighted by Gasteiger charge is 2.32.